The van der Waals surface area contributed by atoms with Crippen LogP contribution in [0.2, 0.25) is 5.02 Å². The van der Waals surface area contributed by atoms with Crippen molar-refractivity contribution in [2.45, 2.75) is 12.5 Å². The van der Waals surface area contributed by atoms with E-state index in [0.29, 0.717) is 35.2 Å². The van der Waals surface area contributed by atoms with Gasteiger partial charge in [-0.05, 0) is 55.0 Å². The van der Waals surface area contributed by atoms with E-state index in [2.05, 4.69) is 15.3 Å². The topological polar surface area (TPSA) is 79.6 Å². The van der Waals surface area contributed by atoms with Crippen LogP contribution in [-0.2, 0) is 7.05 Å². The predicted molar refractivity (Wildman–Crippen MR) is 121 cm³/mol. The maximum absolute atomic E-state index is 12.6. The largest absolute Gasteiger partial charge is 0.492 e. The Balaban J connectivity index is 1.51. The second-order valence-electron chi connectivity index (χ2n) is 7.60. The molecule has 4 rings (SSSR count). The van der Waals surface area contributed by atoms with E-state index in [4.69, 9.17) is 16.3 Å². The van der Waals surface area contributed by atoms with Gasteiger partial charge in [-0.25, -0.2) is 0 Å². The van der Waals surface area contributed by atoms with Gasteiger partial charge in [0.15, 0.2) is 0 Å². The molecule has 2 N–H and O–H groups in total. The zero-order valence-corrected chi connectivity index (χ0v) is 18.0. The Hall–Kier alpha value is -2.87. The summed E-state index contributed by atoms with van der Waals surface area (Å²) in [4.78, 5) is 14.8. The second kappa shape index (κ2) is 9.51. The molecule has 7 nitrogen and oxygen atoms in total. The summed E-state index contributed by atoms with van der Waals surface area (Å²) in [5.74, 6) is 0.502. The third-order valence-electron chi connectivity index (χ3n) is 5.35. The molecule has 0 saturated carbocycles. The first-order valence-electron chi connectivity index (χ1n) is 10.2. The smallest absolute Gasteiger partial charge is 0.255 e. The van der Waals surface area contributed by atoms with E-state index in [1.807, 2.05) is 31.3 Å². The lowest BCUT2D eigenvalue weighted by molar-refractivity contribution is 0.102. The Kier molecular flexibility index (Phi) is 6.56. The number of anilines is 1. The highest BCUT2D eigenvalue weighted by Gasteiger charge is 2.20. The molecule has 1 fully saturated rings. The molecule has 0 aliphatic carbocycles. The SMILES string of the molecule is Cn1nccc1-c1cc(NC(=O)c2ccc(Cl)cc2)ccc1OCCN1CCC(O)C1. The number of β-amino-alcohol motifs (C(OH)–C–C–N with tert-alkyl or cyclic N) is 1. The summed E-state index contributed by atoms with van der Waals surface area (Å²) in [5.41, 5.74) is 2.91. The average Bonchev–Trinajstić information content (AvgIpc) is 3.37. The van der Waals surface area contributed by atoms with Crippen LogP contribution in [0.5, 0.6) is 5.75 Å². The number of rotatable bonds is 7. The molecule has 2 heterocycles. The number of hydrogen-bond acceptors (Lipinski definition) is 5. The van der Waals surface area contributed by atoms with E-state index >= 15 is 0 Å². The van der Waals surface area contributed by atoms with E-state index in [1.54, 1.807) is 35.1 Å². The van der Waals surface area contributed by atoms with Gasteiger partial charge < -0.3 is 15.2 Å². The van der Waals surface area contributed by atoms with Gasteiger partial charge in [-0.2, -0.15) is 5.10 Å². The van der Waals surface area contributed by atoms with Gasteiger partial charge in [0.2, 0.25) is 0 Å². The van der Waals surface area contributed by atoms with E-state index < -0.39 is 0 Å². The first kappa shape index (κ1) is 21.4. The molecule has 1 amide bonds. The number of aliphatic hydroxyl groups is 1. The molecule has 1 aliphatic rings. The maximum Gasteiger partial charge on any atom is 0.255 e. The molecule has 0 bridgehead atoms. The number of nitrogens with zero attached hydrogens (tertiary/aromatic N) is 3. The lowest BCUT2D eigenvalue weighted by atomic mass is 10.1. The summed E-state index contributed by atoms with van der Waals surface area (Å²) in [6, 6.07) is 14.2. The van der Waals surface area contributed by atoms with Crippen LogP contribution in [0.3, 0.4) is 0 Å². The summed E-state index contributed by atoms with van der Waals surface area (Å²) >= 11 is 5.91. The Morgan fingerprint density at radius 1 is 1.26 bits per heavy atom. The number of aliphatic hydroxyl groups excluding tert-OH is 1. The molecule has 3 aromatic rings. The zero-order valence-electron chi connectivity index (χ0n) is 17.3. The third-order valence-corrected chi connectivity index (χ3v) is 5.61. The fourth-order valence-electron chi connectivity index (χ4n) is 3.68. The van der Waals surface area contributed by atoms with Crippen molar-refractivity contribution in [3.63, 3.8) is 0 Å². The van der Waals surface area contributed by atoms with Gasteiger partial charge in [0.05, 0.1) is 11.8 Å². The predicted octanol–water partition coefficient (Wildman–Crippen LogP) is 3.44. The van der Waals surface area contributed by atoms with E-state index in [-0.39, 0.29) is 12.0 Å². The molecule has 0 spiro atoms. The van der Waals surface area contributed by atoms with E-state index in [0.717, 1.165) is 30.8 Å². The molecular weight excluding hydrogens is 416 g/mol. The Morgan fingerprint density at radius 3 is 2.74 bits per heavy atom. The van der Waals surface area contributed by atoms with E-state index in [9.17, 15) is 9.90 Å². The van der Waals surface area contributed by atoms with Crippen LogP contribution in [0.1, 0.15) is 16.8 Å². The van der Waals surface area contributed by atoms with Crippen molar-refractivity contribution in [1.82, 2.24) is 14.7 Å². The van der Waals surface area contributed by atoms with Gasteiger partial charge in [0.25, 0.3) is 5.91 Å². The molecule has 1 atom stereocenters. The Labute approximate surface area is 186 Å². The second-order valence-corrected chi connectivity index (χ2v) is 8.04. The van der Waals surface area contributed by atoms with Crippen LogP contribution >= 0.6 is 11.6 Å². The minimum atomic E-state index is -0.242. The number of ether oxygens (including phenoxy) is 1. The van der Waals surface area contributed by atoms with Gasteiger partial charge in [0.1, 0.15) is 12.4 Å². The summed E-state index contributed by atoms with van der Waals surface area (Å²) in [7, 11) is 1.86. The van der Waals surface area contributed by atoms with Gasteiger partial charge >= 0.3 is 0 Å². The van der Waals surface area contributed by atoms with Gasteiger partial charge in [-0.3, -0.25) is 14.4 Å². The standard InChI is InChI=1S/C23H25ClN4O3/c1-27-21(8-10-25-27)20-14-18(26-23(30)16-2-4-17(24)5-3-16)6-7-22(20)31-13-12-28-11-9-19(29)15-28/h2-8,10,14,19,29H,9,11-13,15H2,1H3,(H,26,30). The molecular formula is C23H25ClN4O3. The molecule has 1 aromatic heterocycles. The van der Waals surface area contributed by atoms with Crippen molar-refractivity contribution in [2.24, 2.45) is 7.05 Å². The molecule has 31 heavy (non-hydrogen) atoms. The quantitative estimate of drug-likeness (QED) is 0.588. The minimum Gasteiger partial charge on any atom is -0.492 e. The van der Waals surface area contributed by atoms with Crippen LogP contribution < -0.4 is 10.1 Å². The number of carbonyl (C=O) groups excluding carboxylic acids is 1. The monoisotopic (exact) mass is 440 g/mol. The molecule has 8 heteroatoms. The number of halogens is 1. The van der Waals surface area contributed by atoms with Crippen molar-refractivity contribution >= 4 is 23.2 Å². The normalized spacial score (nSPS) is 16.4. The van der Waals surface area contributed by atoms with Crippen molar-refractivity contribution in [3.05, 3.63) is 65.3 Å². The van der Waals surface area contributed by atoms with Crippen LogP contribution in [0, 0.1) is 0 Å². The maximum atomic E-state index is 12.6. The summed E-state index contributed by atoms with van der Waals surface area (Å²) in [6.45, 7) is 2.83. The highest BCUT2D eigenvalue weighted by molar-refractivity contribution is 6.30. The zero-order chi connectivity index (χ0) is 21.8. The minimum absolute atomic E-state index is 0.214. The van der Waals surface area contributed by atoms with Gasteiger partial charge in [-0.15, -0.1) is 0 Å². The number of nitrogens with one attached hydrogen (secondary N) is 1. The van der Waals surface area contributed by atoms with Crippen molar-refractivity contribution in [2.75, 3.05) is 31.6 Å². The number of aryl methyl sites for hydroxylation is 1. The van der Waals surface area contributed by atoms with Gasteiger partial charge in [-0.1, -0.05) is 11.6 Å². The fraction of sp³-hybridized carbons (Fsp3) is 0.304. The highest BCUT2D eigenvalue weighted by Crippen LogP contribution is 2.32. The van der Waals surface area contributed by atoms with Crippen molar-refractivity contribution < 1.29 is 14.6 Å². The Morgan fingerprint density at radius 2 is 2.06 bits per heavy atom. The summed E-state index contributed by atoms with van der Waals surface area (Å²) in [6.07, 6.45) is 2.29. The van der Waals surface area contributed by atoms with Crippen LogP contribution in [0.4, 0.5) is 5.69 Å². The van der Waals surface area contributed by atoms with Crippen LogP contribution in [-0.4, -0.2) is 58.0 Å². The van der Waals surface area contributed by atoms with Crippen molar-refractivity contribution in [3.8, 4) is 17.0 Å². The first-order chi connectivity index (χ1) is 15.0. The number of aromatic nitrogens is 2. The van der Waals surface area contributed by atoms with Crippen LogP contribution in [0.25, 0.3) is 11.3 Å². The highest BCUT2D eigenvalue weighted by atomic mass is 35.5. The lowest BCUT2D eigenvalue weighted by Gasteiger charge is -2.17. The number of amides is 1. The molecule has 2 aromatic carbocycles. The Bertz CT molecular complexity index is 1050. The molecule has 1 saturated heterocycles. The lowest BCUT2D eigenvalue weighted by Crippen LogP contribution is -2.27. The average molecular weight is 441 g/mol. The summed E-state index contributed by atoms with van der Waals surface area (Å²) < 4.78 is 7.85. The van der Waals surface area contributed by atoms with Gasteiger partial charge in [0, 0.05) is 54.7 Å². The number of benzene rings is 2. The van der Waals surface area contributed by atoms with Crippen LogP contribution in [0.15, 0.2) is 54.7 Å². The number of hydrogen-bond donors (Lipinski definition) is 2. The molecule has 1 aliphatic heterocycles. The first-order valence-corrected chi connectivity index (χ1v) is 10.6. The molecule has 162 valence electrons. The third kappa shape index (κ3) is 5.25. The van der Waals surface area contributed by atoms with E-state index in [1.165, 1.54) is 0 Å². The summed E-state index contributed by atoms with van der Waals surface area (Å²) in [5, 5.41) is 17.5. The number of carbonyl (C=O) groups is 1. The molecule has 0 radical (unpaired) electrons. The fourth-order valence-corrected chi connectivity index (χ4v) is 3.80. The molecule has 1 unspecified atom stereocenters. The number of likely N-dealkylation sites (tertiary alicyclic amines) is 1. The van der Waals surface area contributed by atoms with Crippen molar-refractivity contribution in [1.29, 1.82) is 0 Å².